The topological polar surface area (TPSA) is 32.3 Å². The van der Waals surface area contributed by atoms with Crippen molar-refractivity contribution in [1.82, 2.24) is 10.2 Å². The van der Waals surface area contributed by atoms with Crippen LogP contribution in [0.2, 0.25) is 0 Å². The Hall–Kier alpha value is -2.13. The molecule has 3 nitrogen and oxygen atoms in total. The lowest BCUT2D eigenvalue weighted by Gasteiger charge is -2.46. The van der Waals surface area contributed by atoms with Crippen LogP contribution < -0.4 is 5.32 Å². The molecule has 0 bridgehead atoms. The summed E-state index contributed by atoms with van der Waals surface area (Å²) in [6, 6.07) is 16.7. The Morgan fingerprint density at radius 3 is 2.24 bits per heavy atom. The van der Waals surface area contributed by atoms with Crippen molar-refractivity contribution in [1.29, 1.82) is 0 Å². The number of carbonyl (C=O) groups excluding carboxylic acids is 1. The molecule has 0 heterocycles. The molecular weight excluding hydrogens is 356 g/mol. The predicted molar refractivity (Wildman–Crippen MR) is 119 cm³/mol. The molecule has 0 aliphatic heterocycles. The van der Waals surface area contributed by atoms with Gasteiger partial charge in [0.1, 0.15) is 0 Å². The SMILES string of the molecule is Cc1cccc(C)c1C(=O)NC(c1ccccc1)C1(N(C)CC2CC2)CCCC1. The highest BCUT2D eigenvalue weighted by molar-refractivity contribution is 5.97. The number of hydrogen-bond acceptors (Lipinski definition) is 2. The third-order valence-corrected chi connectivity index (χ3v) is 7.11. The molecule has 2 aliphatic rings. The van der Waals surface area contributed by atoms with Crippen LogP contribution in [0, 0.1) is 19.8 Å². The van der Waals surface area contributed by atoms with Gasteiger partial charge in [0.25, 0.3) is 5.91 Å². The molecule has 2 aliphatic carbocycles. The highest BCUT2D eigenvalue weighted by atomic mass is 16.1. The van der Waals surface area contributed by atoms with Gasteiger partial charge >= 0.3 is 0 Å². The van der Waals surface area contributed by atoms with Crippen LogP contribution in [0.25, 0.3) is 0 Å². The fourth-order valence-corrected chi connectivity index (χ4v) is 5.30. The molecule has 2 aromatic rings. The lowest BCUT2D eigenvalue weighted by molar-refractivity contribution is 0.0629. The Morgan fingerprint density at radius 1 is 1.03 bits per heavy atom. The maximum atomic E-state index is 13.5. The van der Waals surface area contributed by atoms with Gasteiger partial charge in [-0.3, -0.25) is 9.69 Å². The normalized spacial score (nSPS) is 19.3. The summed E-state index contributed by atoms with van der Waals surface area (Å²) in [5, 5.41) is 3.51. The second kappa shape index (κ2) is 8.31. The molecular formula is C26H34N2O. The molecule has 0 spiro atoms. The first-order chi connectivity index (χ1) is 14.0. The number of hydrogen-bond donors (Lipinski definition) is 1. The second-order valence-electron chi connectivity index (χ2n) is 9.22. The standard InChI is InChI=1S/C26H34N2O/c1-19-10-9-11-20(2)23(19)25(29)27-24(22-12-5-4-6-13-22)26(16-7-8-17-26)28(3)18-21-14-15-21/h4-6,9-13,21,24H,7-8,14-18H2,1-3H3,(H,27,29). The zero-order valence-electron chi connectivity index (χ0n) is 18.1. The fraction of sp³-hybridized carbons (Fsp3) is 0.500. The van der Waals surface area contributed by atoms with Crippen LogP contribution >= 0.6 is 0 Å². The van der Waals surface area contributed by atoms with Gasteiger partial charge in [0.2, 0.25) is 0 Å². The van der Waals surface area contributed by atoms with Crippen LogP contribution in [-0.4, -0.2) is 29.9 Å². The smallest absolute Gasteiger partial charge is 0.252 e. The number of nitrogens with one attached hydrogen (secondary N) is 1. The van der Waals surface area contributed by atoms with Crippen molar-refractivity contribution in [3.8, 4) is 0 Å². The van der Waals surface area contributed by atoms with Crippen LogP contribution in [-0.2, 0) is 0 Å². The first kappa shape index (κ1) is 20.2. The molecule has 0 saturated heterocycles. The zero-order chi connectivity index (χ0) is 20.4. The van der Waals surface area contributed by atoms with Gasteiger partial charge in [-0.15, -0.1) is 0 Å². The van der Waals surface area contributed by atoms with Gasteiger partial charge in [-0.2, -0.15) is 0 Å². The summed E-state index contributed by atoms with van der Waals surface area (Å²) in [7, 11) is 2.28. The van der Waals surface area contributed by atoms with Gasteiger partial charge in [-0.05, 0) is 69.2 Å². The van der Waals surface area contributed by atoms with Crippen LogP contribution in [0.15, 0.2) is 48.5 Å². The summed E-state index contributed by atoms with van der Waals surface area (Å²) in [6.45, 7) is 5.20. The lowest BCUT2D eigenvalue weighted by Crippen LogP contribution is -2.55. The Balaban J connectivity index is 1.70. The number of rotatable bonds is 7. The third-order valence-electron chi connectivity index (χ3n) is 7.11. The molecule has 2 aromatic carbocycles. The molecule has 1 N–H and O–H groups in total. The average Bonchev–Trinajstić information content (AvgIpc) is 3.38. The molecule has 1 amide bonds. The number of nitrogens with zero attached hydrogens (tertiary/aromatic N) is 1. The third kappa shape index (κ3) is 4.11. The van der Waals surface area contributed by atoms with E-state index in [0.717, 1.165) is 42.0 Å². The molecule has 2 fully saturated rings. The minimum atomic E-state index is -0.00378. The Kier molecular flexibility index (Phi) is 5.78. The summed E-state index contributed by atoms with van der Waals surface area (Å²) >= 11 is 0. The van der Waals surface area contributed by atoms with Gasteiger partial charge in [0, 0.05) is 17.6 Å². The van der Waals surface area contributed by atoms with Gasteiger partial charge in [-0.1, -0.05) is 61.4 Å². The van der Waals surface area contributed by atoms with Crippen molar-refractivity contribution in [2.24, 2.45) is 5.92 Å². The summed E-state index contributed by atoms with van der Waals surface area (Å²) < 4.78 is 0. The first-order valence-electron chi connectivity index (χ1n) is 11.1. The molecule has 2 saturated carbocycles. The summed E-state index contributed by atoms with van der Waals surface area (Å²) in [6.07, 6.45) is 7.46. The quantitative estimate of drug-likeness (QED) is 0.684. The van der Waals surface area contributed by atoms with Crippen LogP contribution in [0.5, 0.6) is 0 Å². The summed E-state index contributed by atoms with van der Waals surface area (Å²) in [5.41, 5.74) is 4.13. The molecule has 29 heavy (non-hydrogen) atoms. The van der Waals surface area contributed by atoms with E-state index >= 15 is 0 Å². The summed E-state index contributed by atoms with van der Waals surface area (Å²) in [5.74, 6) is 0.892. The molecule has 0 radical (unpaired) electrons. The molecule has 4 rings (SSSR count). The minimum absolute atomic E-state index is 0.00135. The number of likely N-dealkylation sites (N-methyl/N-ethyl adjacent to an activating group) is 1. The van der Waals surface area contributed by atoms with E-state index in [0.29, 0.717) is 0 Å². The van der Waals surface area contributed by atoms with E-state index < -0.39 is 0 Å². The Morgan fingerprint density at radius 2 is 1.66 bits per heavy atom. The number of aryl methyl sites for hydroxylation is 2. The largest absolute Gasteiger partial charge is 0.343 e. The number of amides is 1. The van der Waals surface area contributed by atoms with Crippen molar-refractivity contribution in [3.63, 3.8) is 0 Å². The van der Waals surface area contributed by atoms with Crippen LogP contribution in [0.3, 0.4) is 0 Å². The van der Waals surface area contributed by atoms with Gasteiger partial charge in [-0.25, -0.2) is 0 Å². The van der Waals surface area contributed by atoms with Crippen molar-refractivity contribution >= 4 is 5.91 Å². The van der Waals surface area contributed by atoms with Gasteiger partial charge in [0.15, 0.2) is 0 Å². The maximum absolute atomic E-state index is 13.5. The highest BCUT2D eigenvalue weighted by Crippen LogP contribution is 2.46. The van der Waals surface area contributed by atoms with Gasteiger partial charge in [0.05, 0.1) is 6.04 Å². The average molecular weight is 391 g/mol. The molecule has 154 valence electrons. The fourth-order valence-electron chi connectivity index (χ4n) is 5.30. The van der Waals surface area contributed by atoms with E-state index in [1.165, 1.54) is 31.2 Å². The number of benzene rings is 2. The van der Waals surface area contributed by atoms with E-state index in [9.17, 15) is 4.79 Å². The van der Waals surface area contributed by atoms with E-state index in [2.05, 4.69) is 47.6 Å². The van der Waals surface area contributed by atoms with E-state index in [1.807, 2.05) is 32.0 Å². The Labute approximate surface area is 175 Å². The minimum Gasteiger partial charge on any atom is -0.343 e. The van der Waals surface area contributed by atoms with Crippen LogP contribution in [0.1, 0.15) is 71.6 Å². The first-order valence-corrected chi connectivity index (χ1v) is 11.1. The van der Waals surface area contributed by atoms with Crippen LogP contribution in [0.4, 0.5) is 0 Å². The van der Waals surface area contributed by atoms with Crippen molar-refractivity contribution in [2.75, 3.05) is 13.6 Å². The molecule has 1 unspecified atom stereocenters. The van der Waals surface area contributed by atoms with E-state index in [4.69, 9.17) is 0 Å². The van der Waals surface area contributed by atoms with E-state index in [-0.39, 0.29) is 17.5 Å². The summed E-state index contributed by atoms with van der Waals surface area (Å²) in [4.78, 5) is 16.1. The monoisotopic (exact) mass is 390 g/mol. The lowest BCUT2D eigenvalue weighted by atomic mass is 9.81. The maximum Gasteiger partial charge on any atom is 0.252 e. The number of carbonyl (C=O) groups is 1. The zero-order valence-corrected chi connectivity index (χ0v) is 18.1. The second-order valence-corrected chi connectivity index (χ2v) is 9.22. The van der Waals surface area contributed by atoms with Crippen molar-refractivity contribution < 1.29 is 4.79 Å². The van der Waals surface area contributed by atoms with Crippen molar-refractivity contribution in [3.05, 3.63) is 70.8 Å². The molecule has 3 heteroatoms. The van der Waals surface area contributed by atoms with Crippen molar-refractivity contribution in [2.45, 2.75) is 64.0 Å². The Bertz CT molecular complexity index is 830. The molecule has 0 aromatic heterocycles. The molecule has 1 atom stereocenters. The van der Waals surface area contributed by atoms with E-state index in [1.54, 1.807) is 0 Å². The predicted octanol–water partition coefficient (Wildman–Crippen LogP) is 5.43. The van der Waals surface area contributed by atoms with Gasteiger partial charge < -0.3 is 5.32 Å². The highest BCUT2D eigenvalue weighted by Gasteiger charge is 2.47.